The summed E-state index contributed by atoms with van der Waals surface area (Å²) in [4.78, 5) is 12.1. The molecule has 0 aliphatic rings. The summed E-state index contributed by atoms with van der Waals surface area (Å²) in [5, 5.41) is 0.922. The molecule has 96 valence electrons. The fourth-order valence-corrected chi connectivity index (χ4v) is 3.48. The molecule has 0 radical (unpaired) electrons. The third-order valence-electron chi connectivity index (χ3n) is 3.52. The molecule has 0 fully saturated rings. The van der Waals surface area contributed by atoms with Crippen LogP contribution in [-0.2, 0) is 6.54 Å². The number of hydrogen-bond donors (Lipinski definition) is 0. The molecule has 1 rings (SSSR count). The molecule has 0 saturated heterocycles. The Bertz CT molecular complexity index is 427. The molecule has 0 aromatic carbocycles. The average Bonchev–Trinajstić information content (AvgIpc) is 2.32. The molecule has 0 aliphatic carbocycles. The van der Waals surface area contributed by atoms with Crippen LogP contribution >= 0.6 is 31.9 Å². The van der Waals surface area contributed by atoms with Crippen LogP contribution < -0.4 is 5.56 Å². The van der Waals surface area contributed by atoms with Crippen molar-refractivity contribution in [2.75, 3.05) is 5.33 Å². The zero-order valence-corrected chi connectivity index (χ0v) is 13.8. The third kappa shape index (κ3) is 3.44. The number of aryl methyl sites for hydroxylation is 1. The highest BCUT2D eigenvalue weighted by molar-refractivity contribution is 9.10. The quantitative estimate of drug-likeness (QED) is 0.720. The van der Waals surface area contributed by atoms with Gasteiger partial charge < -0.3 is 4.57 Å². The Hall–Kier alpha value is -0.0900. The molecule has 0 atom stereocenters. The third-order valence-corrected chi connectivity index (χ3v) is 5.14. The summed E-state index contributed by atoms with van der Waals surface area (Å²) in [6.07, 6.45) is 4.01. The van der Waals surface area contributed by atoms with E-state index in [4.69, 9.17) is 0 Å². The Morgan fingerprint density at radius 3 is 2.41 bits per heavy atom. The largest absolute Gasteiger partial charge is 0.314 e. The van der Waals surface area contributed by atoms with Gasteiger partial charge in [0.15, 0.2) is 0 Å². The average molecular weight is 365 g/mol. The maximum atomic E-state index is 12.1. The molecule has 0 amide bonds. The number of pyridine rings is 1. The van der Waals surface area contributed by atoms with Crippen LogP contribution in [0, 0.1) is 12.3 Å². The molecule has 0 bridgehead atoms. The van der Waals surface area contributed by atoms with E-state index < -0.39 is 0 Å². The second-order valence-electron chi connectivity index (χ2n) is 4.62. The number of halogens is 2. The lowest BCUT2D eigenvalue weighted by Crippen LogP contribution is -2.33. The van der Waals surface area contributed by atoms with Gasteiger partial charge in [0.05, 0.1) is 0 Å². The van der Waals surface area contributed by atoms with Crippen molar-refractivity contribution in [1.29, 1.82) is 0 Å². The van der Waals surface area contributed by atoms with E-state index in [-0.39, 0.29) is 11.0 Å². The Balaban J connectivity index is 3.14. The van der Waals surface area contributed by atoms with Crippen LogP contribution in [0.5, 0.6) is 0 Å². The van der Waals surface area contributed by atoms with Crippen molar-refractivity contribution in [3.05, 3.63) is 32.7 Å². The monoisotopic (exact) mass is 363 g/mol. The molecule has 1 heterocycles. The first-order valence-electron chi connectivity index (χ1n) is 5.90. The van der Waals surface area contributed by atoms with Crippen LogP contribution in [0.4, 0.5) is 0 Å². The molecular formula is C13H19Br2NO. The summed E-state index contributed by atoms with van der Waals surface area (Å²) in [7, 11) is 0. The van der Waals surface area contributed by atoms with Gasteiger partial charge in [-0.1, -0.05) is 29.8 Å². The number of hydrogen-bond acceptors (Lipinski definition) is 1. The Morgan fingerprint density at radius 2 is 1.94 bits per heavy atom. The molecule has 2 nitrogen and oxygen atoms in total. The highest BCUT2D eigenvalue weighted by Crippen LogP contribution is 2.30. The topological polar surface area (TPSA) is 22.0 Å². The zero-order valence-electron chi connectivity index (χ0n) is 10.6. The molecule has 0 aliphatic heterocycles. The molecule has 0 unspecified atom stereocenters. The standard InChI is InChI=1S/C13H19Br2NO/c1-4-13(5-2,8-14)9-16-7-11(15)6-10(3)12(16)17/h6-7H,4-5,8-9H2,1-3H3. The number of aromatic nitrogens is 1. The van der Waals surface area contributed by atoms with Crippen LogP contribution in [0.2, 0.25) is 0 Å². The van der Waals surface area contributed by atoms with Gasteiger partial charge in [0.1, 0.15) is 0 Å². The zero-order chi connectivity index (χ0) is 13.1. The van der Waals surface area contributed by atoms with Crippen LogP contribution in [0.15, 0.2) is 21.5 Å². The van der Waals surface area contributed by atoms with Crippen molar-refractivity contribution in [2.24, 2.45) is 5.41 Å². The van der Waals surface area contributed by atoms with E-state index in [2.05, 4.69) is 45.7 Å². The molecule has 1 aromatic rings. The van der Waals surface area contributed by atoms with E-state index in [1.807, 2.05) is 23.8 Å². The van der Waals surface area contributed by atoms with E-state index in [1.165, 1.54) is 0 Å². The van der Waals surface area contributed by atoms with Crippen molar-refractivity contribution < 1.29 is 0 Å². The SMILES string of the molecule is CCC(CC)(CBr)Cn1cc(Br)cc(C)c1=O. The van der Waals surface area contributed by atoms with Crippen LogP contribution in [0.25, 0.3) is 0 Å². The van der Waals surface area contributed by atoms with Crippen LogP contribution in [0.1, 0.15) is 32.3 Å². The van der Waals surface area contributed by atoms with Gasteiger partial charge in [-0.2, -0.15) is 0 Å². The molecule has 0 saturated carbocycles. The highest BCUT2D eigenvalue weighted by Gasteiger charge is 2.26. The minimum absolute atomic E-state index is 0.112. The smallest absolute Gasteiger partial charge is 0.253 e. The fourth-order valence-electron chi connectivity index (χ4n) is 1.92. The van der Waals surface area contributed by atoms with Crippen molar-refractivity contribution in [3.8, 4) is 0 Å². The van der Waals surface area contributed by atoms with Gasteiger partial charge in [-0.25, -0.2) is 0 Å². The lowest BCUT2D eigenvalue weighted by molar-refractivity contribution is 0.256. The summed E-state index contributed by atoms with van der Waals surface area (Å²) in [6, 6.07) is 1.87. The predicted octanol–water partition coefficient (Wildman–Crippen LogP) is 4.12. The van der Waals surface area contributed by atoms with Gasteiger partial charge in [0.2, 0.25) is 0 Å². The minimum atomic E-state index is 0.112. The van der Waals surface area contributed by atoms with E-state index in [1.54, 1.807) is 0 Å². The summed E-state index contributed by atoms with van der Waals surface area (Å²) >= 11 is 7.03. The number of rotatable bonds is 5. The Labute approximate surface area is 120 Å². The summed E-state index contributed by atoms with van der Waals surface area (Å²) in [6.45, 7) is 6.99. The number of nitrogens with zero attached hydrogens (tertiary/aromatic N) is 1. The fraction of sp³-hybridized carbons (Fsp3) is 0.615. The lowest BCUT2D eigenvalue weighted by atomic mass is 9.84. The van der Waals surface area contributed by atoms with Gasteiger partial charge in [0, 0.05) is 28.1 Å². The predicted molar refractivity (Wildman–Crippen MR) is 79.9 cm³/mol. The molecular weight excluding hydrogens is 346 g/mol. The van der Waals surface area contributed by atoms with Crippen molar-refractivity contribution in [2.45, 2.75) is 40.2 Å². The molecule has 0 N–H and O–H groups in total. The lowest BCUT2D eigenvalue weighted by Gasteiger charge is -2.30. The maximum absolute atomic E-state index is 12.1. The first kappa shape index (κ1) is 15.0. The van der Waals surface area contributed by atoms with E-state index in [0.717, 1.165) is 34.8 Å². The maximum Gasteiger partial charge on any atom is 0.253 e. The second kappa shape index (κ2) is 6.19. The second-order valence-corrected chi connectivity index (χ2v) is 6.09. The summed E-state index contributed by atoms with van der Waals surface area (Å²) in [5.41, 5.74) is 1.06. The van der Waals surface area contributed by atoms with E-state index in [9.17, 15) is 4.79 Å². The first-order valence-corrected chi connectivity index (χ1v) is 7.82. The highest BCUT2D eigenvalue weighted by atomic mass is 79.9. The summed E-state index contributed by atoms with van der Waals surface area (Å²) < 4.78 is 2.79. The normalized spacial score (nSPS) is 11.8. The van der Waals surface area contributed by atoms with E-state index in [0.29, 0.717) is 0 Å². The van der Waals surface area contributed by atoms with Gasteiger partial charge in [-0.05, 0) is 47.2 Å². The van der Waals surface area contributed by atoms with Crippen LogP contribution in [-0.4, -0.2) is 9.90 Å². The molecule has 4 heteroatoms. The molecule has 0 spiro atoms. The van der Waals surface area contributed by atoms with Gasteiger partial charge in [-0.15, -0.1) is 0 Å². The van der Waals surface area contributed by atoms with Crippen molar-refractivity contribution >= 4 is 31.9 Å². The van der Waals surface area contributed by atoms with Gasteiger partial charge >= 0.3 is 0 Å². The Kier molecular flexibility index (Phi) is 5.45. The number of alkyl halides is 1. The molecule has 17 heavy (non-hydrogen) atoms. The van der Waals surface area contributed by atoms with Crippen LogP contribution in [0.3, 0.4) is 0 Å². The van der Waals surface area contributed by atoms with Gasteiger partial charge in [0.25, 0.3) is 5.56 Å². The van der Waals surface area contributed by atoms with E-state index >= 15 is 0 Å². The summed E-state index contributed by atoms with van der Waals surface area (Å²) in [5.74, 6) is 0. The van der Waals surface area contributed by atoms with Gasteiger partial charge in [-0.3, -0.25) is 4.79 Å². The molecule has 1 aromatic heterocycles. The Morgan fingerprint density at radius 1 is 1.35 bits per heavy atom. The van der Waals surface area contributed by atoms with Crippen molar-refractivity contribution in [3.63, 3.8) is 0 Å². The minimum Gasteiger partial charge on any atom is -0.314 e. The first-order chi connectivity index (χ1) is 7.98. The van der Waals surface area contributed by atoms with Crippen molar-refractivity contribution in [1.82, 2.24) is 4.57 Å².